The topological polar surface area (TPSA) is 98.6 Å². The van der Waals surface area contributed by atoms with Gasteiger partial charge in [-0.05, 0) is 43.2 Å². The van der Waals surface area contributed by atoms with Gasteiger partial charge in [0.1, 0.15) is 28.4 Å². The minimum atomic E-state index is -0.164. The van der Waals surface area contributed by atoms with Crippen LogP contribution < -0.4 is 5.73 Å². The molecule has 2 aliphatic rings. The Balaban J connectivity index is 1.46. The Hall–Kier alpha value is -3.23. The van der Waals surface area contributed by atoms with E-state index in [0.717, 1.165) is 28.9 Å². The quantitative estimate of drug-likeness (QED) is 0.479. The molecule has 1 amide bonds. The van der Waals surface area contributed by atoms with E-state index in [2.05, 4.69) is 15.0 Å². The standard InChI is InChI=1S/C23H21ClN6O2/c1-11-10-29(21-15-4-3-14(24)5-13(15)6-20(21)32-11)23(31)16-7-18-17(8-27-16)28-22(25)19-9-26-12(2)30(18)19/h3-5,7-9,11,20-21H,6,10H2,1-2H3,(H2,25,28)/t11-,20-,21+/m1/s1. The third-order valence-electron chi connectivity index (χ3n) is 6.42. The molecule has 0 unspecified atom stereocenters. The third kappa shape index (κ3) is 2.79. The van der Waals surface area contributed by atoms with Crippen LogP contribution in [0.3, 0.4) is 0 Å². The molecular weight excluding hydrogens is 428 g/mol. The lowest BCUT2D eigenvalue weighted by Crippen LogP contribution is -2.50. The van der Waals surface area contributed by atoms with Gasteiger partial charge in [0.2, 0.25) is 0 Å². The number of anilines is 1. The van der Waals surface area contributed by atoms with Gasteiger partial charge in [-0.2, -0.15) is 0 Å². The van der Waals surface area contributed by atoms with Crippen LogP contribution in [0.15, 0.2) is 36.7 Å². The van der Waals surface area contributed by atoms with Crippen LogP contribution in [0, 0.1) is 6.92 Å². The highest BCUT2D eigenvalue weighted by Crippen LogP contribution is 2.42. The van der Waals surface area contributed by atoms with Gasteiger partial charge in [0.25, 0.3) is 5.91 Å². The first-order valence-electron chi connectivity index (χ1n) is 10.5. The monoisotopic (exact) mass is 448 g/mol. The van der Waals surface area contributed by atoms with Gasteiger partial charge >= 0.3 is 0 Å². The lowest BCUT2D eigenvalue weighted by Gasteiger charge is -2.41. The number of carbonyl (C=O) groups excluding carboxylic acids is 1. The minimum absolute atomic E-state index is 0.0745. The largest absolute Gasteiger partial charge is 0.382 e. The molecule has 6 rings (SSSR count). The minimum Gasteiger partial charge on any atom is -0.382 e. The summed E-state index contributed by atoms with van der Waals surface area (Å²) in [4.78, 5) is 28.9. The predicted octanol–water partition coefficient (Wildman–Crippen LogP) is 3.35. The summed E-state index contributed by atoms with van der Waals surface area (Å²) in [5, 5.41) is 0.691. The number of carbonyl (C=O) groups is 1. The van der Waals surface area contributed by atoms with Crippen molar-refractivity contribution in [3.63, 3.8) is 0 Å². The van der Waals surface area contributed by atoms with Gasteiger partial charge in [-0.3, -0.25) is 9.20 Å². The number of aromatic nitrogens is 4. The van der Waals surface area contributed by atoms with Crippen molar-refractivity contribution in [3.05, 3.63) is 64.3 Å². The summed E-state index contributed by atoms with van der Waals surface area (Å²) in [5.41, 5.74) is 10.7. The highest BCUT2D eigenvalue weighted by Gasteiger charge is 2.44. The lowest BCUT2D eigenvalue weighted by atomic mass is 10.0. The number of halogens is 1. The van der Waals surface area contributed by atoms with Gasteiger partial charge in [0.15, 0.2) is 0 Å². The SMILES string of the molecule is Cc1ncc2c(N)nc3cnc(C(=O)N4C[C@@H](C)O[C@@H]5Cc6cc(Cl)ccc6[C@@H]54)cc3n12. The van der Waals surface area contributed by atoms with Gasteiger partial charge in [-0.1, -0.05) is 17.7 Å². The fourth-order valence-corrected chi connectivity index (χ4v) is 5.28. The highest BCUT2D eigenvalue weighted by molar-refractivity contribution is 6.30. The third-order valence-corrected chi connectivity index (χ3v) is 6.65. The van der Waals surface area contributed by atoms with Gasteiger partial charge < -0.3 is 15.4 Å². The van der Waals surface area contributed by atoms with Crippen LogP contribution in [0.4, 0.5) is 5.82 Å². The average Bonchev–Trinajstić information content (AvgIpc) is 3.33. The molecule has 4 aromatic rings. The first-order valence-corrected chi connectivity index (χ1v) is 10.9. The van der Waals surface area contributed by atoms with Crippen molar-refractivity contribution in [1.29, 1.82) is 0 Å². The molecule has 8 nitrogen and oxygen atoms in total. The number of ether oxygens (including phenoxy) is 1. The number of benzene rings is 1. The Bertz CT molecular complexity index is 1420. The van der Waals surface area contributed by atoms with Crippen LogP contribution in [0.1, 0.15) is 40.4 Å². The van der Waals surface area contributed by atoms with E-state index in [9.17, 15) is 4.79 Å². The molecule has 0 saturated carbocycles. The van der Waals surface area contributed by atoms with Gasteiger partial charge in [0, 0.05) is 18.0 Å². The van der Waals surface area contributed by atoms with Crippen molar-refractivity contribution >= 4 is 39.9 Å². The van der Waals surface area contributed by atoms with E-state index in [0.29, 0.717) is 34.1 Å². The van der Waals surface area contributed by atoms with Gasteiger partial charge in [-0.25, -0.2) is 15.0 Å². The number of nitrogens with zero attached hydrogens (tertiary/aromatic N) is 5. The predicted molar refractivity (Wildman–Crippen MR) is 121 cm³/mol. The maximum atomic E-state index is 13.7. The van der Waals surface area contributed by atoms with E-state index in [1.807, 2.05) is 41.3 Å². The molecule has 4 heterocycles. The number of imidazole rings is 1. The van der Waals surface area contributed by atoms with Crippen LogP contribution in [-0.4, -0.2) is 48.9 Å². The number of morpholine rings is 1. The van der Waals surface area contributed by atoms with E-state index in [1.54, 1.807) is 18.5 Å². The Morgan fingerprint density at radius 2 is 2.06 bits per heavy atom. The van der Waals surface area contributed by atoms with Crippen LogP contribution in [-0.2, 0) is 11.2 Å². The zero-order valence-electron chi connectivity index (χ0n) is 17.6. The van der Waals surface area contributed by atoms with Crippen molar-refractivity contribution in [2.45, 2.75) is 38.5 Å². The molecule has 3 aromatic heterocycles. The number of rotatable bonds is 1. The number of hydrogen-bond donors (Lipinski definition) is 1. The zero-order valence-corrected chi connectivity index (χ0v) is 18.4. The van der Waals surface area contributed by atoms with Crippen LogP contribution in [0.2, 0.25) is 5.02 Å². The number of nitrogen functional groups attached to an aromatic ring is 1. The van der Waals surface area contributed by atoms with E-state index in [1.165, 1.54) is 0 Å². The van der Waals surface area contributed by atoms with E-state index >= 15 is 0 Å². The van der Waals surface area contributed by atoms with E-state index < -0.39 is 0 Å². The molecule has 32 heavy (non-hydrogen) atoms. The number of pyridine rings is 1. The maximum Gasteiger partial charge on any atom is 0.273 e. The van der Waals surface area contributed by atoms with E-state index in [-0.39, 0.29) is 24.2 Å². The van der Waals surface area contributed by atoms with Crippen LogP contribution in [0.5, 0.6) is 0 Å². The average molecular weight is 449 g/mol. The Morgan fingerprint density at radius 3 is 2.91 bits per heavy atom. The molecule has 0 bridgehead atoms. The van der Waals surface area contributed by atoms with Gasteiger partial charge in [-0.15, -0.1) is 0 Å². The number of hydrogen-bond acceptors (Lipinski definition) is 6. The molecule has 1 aliphatic carbocycles. The molecule has 3 atom stereocenters. The second-order valence-electron chi connectivity index (χ2n) is 8.52. The van der Waals surface area contributed by atoms with Gasteiger partial charge in [0.05, 0.1) is 36.2 Å². The molecule has 1 aliphatic heterocycles. The molecular formula is C23H21ClN6O2. The van der Waals surface area contributed by atoms with Crippen molar-refractivity contribution in [1.82, 2.24) is 24.3 Å². The molecule has 1 saturated heterocycles. The Kier molecular flexibility index (Phi) is 4.18. The molecule has 2 N–H and O–H groups in total. The van der Waals surface area contributed by atoms with Crippen molar-refractivity contribution in [3.8, 4) is 0 Å². The van der Waals surface area contributed by atoms with Crippen molar-refractivity contribution in [2.24, 2.45) is 0 Å². The smallest absolute Gasteiger partial charge is 0.273 e. The summed E-state index contributed by atoms with van der Waals surface area (Å²) in [6, 6.07) is 7.45. The highest BCUT2D eigenvalue weighted by atomic mass is 35.5. The first kappa shape index (κ1) is 19.5. The number of nitrogens with two attached hydrogens (primary N) is 1. The molecule has 1 aromatic carbocycles. The fraction of sp³-hybridized carbons (Fsp3) is 0.304. The summed E-state index contributed by atoms with van der Waals surface area (Å²) in [6.07, 6.45) is 3.85. The first-order chi connectivity index (χ1) is 15.4. The molecule has 0 radical (unpaired) electrons. The summed E-state index contributed by atoms with van der Waals surface area (Å²) in [5.74, 6) is 1.01. The summed E-state index contributed by atoms with van der Waals surface area (Å²) in [6.45, 7) is 4.37. The van der Waals surface area contributed by atoms with Crippen molar-refractivity contribution in [2.75, 3.05) is 12.3 Å². The maximum absolute atomic E-state index is 13.7. The van der Waals surface area contributed by atoms with Crippen LogP contribution >= 0.6 is 11.6 Å². The Morgan fingerprint density at radius 1 is 1.22 bits per heavy atom. The fourth-order valence-electron chi connectivity index (χ4n) is 5.08. The second kappa shape index (κ2) is 6.88. The van der Waals surface area contributed by atoms with Crippen LogP contribution in [0.25, 0.3) is 16.6 Å². The lowest BCUT2D eigenvalue weighted by molar-refractivity contribution is -0.0938. The summed E-state index contributed by atoms with van der Waals surface area (Å²) < 4.78 is 8.11. The van der Waals surface area contributed by atoms with Crippen molar-refractivity contribution < 1.29 is 9.53 Å². The second-order valence-corrected chi connectivity index (χ2v) is 8.95. The molecule has 0 spiro atoms. The Labute approximate surface area is 189 Å². The van der Waals surface area contributed by atoms with E-state index in [4.69, 9.17) is 22.1 Å². The summed E-state index contributed by atoms with van der Waals surface area (Å²) in [7, 11) is 0. The zero-order chi connectivity index (χ0) is 22.1. The summed E-state index contributed by atoms with van der Waals surface area (Å²) >= 11 is 6.21. The molecule has 162 valence electrons. The number of amides is 1. The number of fused-ring (bicyclic) bond motifs is 6. The number of aryl methyl sites for hydroxylation is 1. The molecule has 9 heteroatoms. The molecule has 1 fully saturated rings. The normalized spacial score (nSPS) is 22.3.